The molecule has 1 unspecified atom stereocenters. The number of anilines is 2. The highest BCUT2D eigenvalue weighted by Gasteiger charge is 2.50. The molecule has 0 amide bonds. The zero-order valence-corrected chi connectivity index (χ0v) is 17.2. The Morgan fingerprint density at radius 3 is 2.80 bits per heavy atom. The number of non-ortho nitro benzene ring substituents is 1. The van der Waals surface area contributed by atoms with Gasteiger partial charge in [-0.15, -0.1) is 0 Å². The van der Waals surface area contributed by atoms with Gasteiger partial charge in [-0.25, -0.2) is 0 Å². The molecule has 5 rings (SSSR count). The predicted octanol–water partition coefficient (Wildman–Crippen LogP) is 5.71. The van der Waals surface area contributed by atoms with Gasteiger partial charge in [0.25, 0.3) is 5.69 Å². The average molecular weight is 405 g/mol. The van der Waals surface area contributed by atoms with Crippen molar-refractivity contribution in [3.8, 4) is 0 Å². The number of nitrogens with zero attached hydrogens (tertiary/aromatic N) is 3. The standard InChI is InChI=1S/C24H28N4O2/c29-28(30)19-8-5-7-18(17-19)25-15-16-27-23-12-2-1-10-22(23)26-21-11-6-9-20(21)24(27)13-3-4-14-24/h1-2,5,7-8,10,12,17,20,25H,3-4,6,9,11,13-16H2. The number of nitrogens with one attached hydrogen (secondary N) is 1. The fraction of sp³-hybridized carbons (Fsp3) is 0.458. The van der Waals surface area contributed by atoms with Crippen molar-refractivity contribution in [1.82, 2.24) is 0 Å². The van der Waals surface area contributed by atoms with E-state index >= 15 is 0 Å². The second kappa shape index (κ2) is 7.74. The summed E-state index contributed by atoms with van der Waals surface area (Å²) in [7, 11) is 0. The normalized spacial score (nSPS) is 21.7. The second-order valence-electron chi connectivity index (χ2n) is 8.73. The highest BCUT2D eigenvalue weighted by molar-refractivity contribution is 5.95. The van der Waals surface area contributed by atoms with Crippen molar-refractivity contribution in [2.24, 2.45) is 10.9 Å². The molecular formula is C24H28N4O2. The third-order valence-corrected chi connectivity index (χ3v) is 7.14. The summed E-state index contributed by atoms with van der Waals surface area (Å²) in [6, 6.07) is 15.3. The largest absolute Gasteiger partial charge is 0.383 e. The highest BCUT2D eigenvalue weighted by Crippen LogP contribution is 2.52. The molecule has 0 radical (unpaired) electrons. The molecule has 6 nitrogen and oxygen atoms in total. The summed E-state index contributed by atoms with van der Waals surface area (Å²) < 4.78 is 0. The van der Waals surface area contributed by atoms with Gasteiger partial charge < -0.3 is 10.2 Å². The van der Waals surface area contributed by atoms with Crippen molar-refractivity contribution < 1.29 is 4.92 Å². The molecule has 2 saturated carbocycles. The Morgan fingerprint density at radius 2 is 1.97 bits per heavy atom. The molecule has 30 heavy (non-hydrogen) atoms. The van der Waals surface area contributed by atoms with E-state index < -0.39 is 0 Å². The van der Waals surface area contributed by atoms with Crippen LogP contribution in [0.15, 0.2) is 53.5 Å². The number of hydrogen-bond donors (Lipinski definition) is 1. The van der Waals surface area contributed by atoms with Gasteiger partial charge in [-0.3, -0.25) is 15.1 Å². The van der Waals surface area contributed by atoms with Gasteiger partial charge in [-0.05, 0) is 50.3 Å². The smallest absolute Gasteiger partial charge is 0.271 e. The van der Waals surface area contributed by atoms with E-state index in [1.54, 1.807) is 12.1 Å². The molecular weight excluding hydrogens is 376 g/mol. The molecule has 1 aliphatic heterocycles. The van der Waals surface area contributed by atoms with E-state index in [0.717, 1.165) is 30.9 Å². The summed E-state index contributed by atoms with van der Waals surface area (Å²) in [5.74, 6) is 0.546. The quantitative estimate of drug-likeness (QED) is 0.512. The number of rotatable bonds is 5. The lowest BCUT2D eigenvalue weighted by Gasteiger charge is -2.46. The van der Waals surface area contributed by atoms with E-state index in [1.165, 1.54) is 56.0 Å². The second-order valence-corrected chi connectivity index (χ2v) is 8.73. The molecule has 1 spiro atoms. The minimum absolute atomic E-state index is 0.122. The van der Waals surface area contributed by atoms with Crippen molar-refractivity contribution in [3.05, 3.63) is 58.6 Å². The average Bonchev–Trinajstić information content (AvgIpc) is 3.40. The molecule has 2 aromatic carbocycles. The Labute approximate surface area is 177 Å². The molecule has 3 aliphatic rings. The number of nitro benzene ring substituents is 1. The van der Waals surface area contributed by atoms with Crippen LogP contribution in [-0.2, 0) is 0 Å². The molecule has 0 bridgehead atoms. The first-order chi connectivity index (χ1) is 14.7. The van der Waals surface area contributed by atoms with Crippen LogP contribution in [0.25, 0.3) is 0 Å². The van der Waals surface area contributed by atoms with Crippen molar-refractivity contribution in [2.45, 2.75) is 50.5 Å². The third-order valence-electron chi connectivity index (χ3n) is 7.14. The maximum Gasteiger partial charge on any atom is 0.271 e. The van der Waals surface area contributed by atoms with Crippen LogP contribution in [0, 0.1) is 16.0 Å². The fourth-order valence-electron chi connectivity index (χ4n) is 5.90. The molecule has 0 aromatic heterocycles. The van der Waals surface area contributed by atoms with Gasteiger partial charge >= 0.3 is 0 Å². The molecule has 1 atom stereocenters. The van der Waals surface area contributed by atoms with Gasteiger partial charge in [-0.1, -0.05) is 31.0 Å². The maximum atomic E-state index is 11.1. The van der Waals surface area contributed by atoms with Gasteiger partial charge in [0.15, 0.2) is 0 Å². The molecule has 156 valence electrons. The van der Waals surface area contributed by atoms with Crippen molar-refractivity contribution in [1.29, 1.82) is 0 Å². The van der Waals surface area contributed by atoms with E-state index in [9.17, 15) is 10.1 Å². The van der Waals surface area contributed by atoms with Crippen LogP contribution >= 0.6 is 0 Å². The lowest BCUT2D eigenvalue weighted by Crippen LogP contribution is -2.54. The molecule has 2 fully saturated rings. The zero-order chi connectivity index (χ0) is 20.6. The maximum absolute atomic E-state index is 11.1. The van der Waals surface area contributed by atoms with Crippen LogP contribution < -0.4 is 10.2 Å². The molecule has 1 N–H and O–H groups in total. The number of benzene rings is 2. The lowest BCUT2D eigenvalue weighted by molar-refractivity contribution is -0.384. The van der Waals surface area contributed by atoms with E-state index in [2.05, 4.69) is 34.5 Å². The summed E-state index contributed by atoms with van der Waals surface area (Å²) in [4.78, 5) is 18.5. The van der Waals surface area contributed by atoms with Gasteiger partial charge in [-0.2, -0.15) is 0 Å². The number of nitro groups is 1. The molecule has 6 heteroatoms. The van der Waals surface area contributed by atoms with Crippen LogP contribution in [0.4, 0.5) is 22.7 Å². The molecule has 1 heterocycles. The number of hydrogen-bond acceptors (Lipinski definition) is 5. The van der Waals surface area contributed by atoms with Crippen LogP contribution in [0.5, 0.6) is 0 Å². The summed E-state index contributed by atoms with van der Waals surface area (Å²) >= 11 is 0. The van der Waals surface area contributed by atoms with Crippen LogP contribution in [0.3, 0.4) is 0 Å². The summed E-state index contributed by atoms with van der Waals surface area (Å²) in [5.41, 5.74) is 4.81. The van der Waals surface area contributed by atoms with E-state index in [4.69, 9.17) is 4.99 Å². The Kier molecular flexibility index (Phi) is 4.93. The van der Waals surface area contributed by atoms with E-state index in [-0.39, 0.29) is 16.1 Å². The molecule has 2 aliphatic carbocycles. The lowest BCUT2D eigenvalue weighted by atomic mass is 9.78. The van der Waals surface area contributed by atoms with Crippen LogP contribution in [-0.4, -0.2) is 29.3 Å². The molecule has 0 saturated heterocycles. The van der Waals surface area contributed by atoms with Crippen LogP contribution in [0.1, 0.15) is 44.9 Å². The SMILES string of the molecule is O=[N+]([O-])c1cccc(NCCN2c3ccccc3N=C3CCCC3C23CCCC3)c1. The van der Waals surface area contributed by atoms with Crippen molar-refractivity contribution >= 4 is 28.5 Å². The van der Waals surface area contributed by atoms with E-state index in [1.807, 2.05) is 6.07 Å². The van der Waals surface area contributed by atoms with Crippen molar-refractivity contribution in [3.63, 3.8) is 0 Å². The number of para-hydroxylation sites is 2. The molecule has 2 aromatic rings. The van der Waals surface area contributed by atoms with Gasteiger partial charge in [0.2, 0.25) is 0 Å². The Bertz CT molecular complexity index is 981. The van der Waals surface area contributed by atoms with Gasteiger partial charge in [0, 0.05) is 48.1 Å². The van der Waals surface area contributed by atoms with E-state index in [0.29, 0.717) is 5.92 Å². The van der Waals surface area contributed by atoms with Gasteiger partial charge in [0.05, 0.1) is 16.3 Å². The highest BCUT2D eigenvalue weighted by atomic mass is 16.6. The first-order valence-electron chi connectivity index (χ1n) is 11.1. The van der Waals surface area contributed by atoms with Gasteiger partial charge in [0.1, 0.15) is 0 Å². The van der Waals surface area contributed by atoms with Crippen LogP contribution in [0.2, 0.25) is 0 Å². The minimum atomic E-state index is -0.345. The zero-order valence-electron chi connectivity index (χ0n) is 17.2. The predicted molar refractivity (Wildman–Crippen MR) is 121 cm³/mol. The fourth-order valence-corrected chi connectivity index (χ4v) is 5.90. The summed E-state index contributed by atoms with van der Waals surface area (Å²) in [6.45, 7) is 1.60. The third kappa shape index (κ3) is 3.24. The monoisotopic (exact) mass is 404 g/mol. The van der Waals surface area contributed by atoms with Crippen molar-refractivity contribution in [2.75, 3.05) is 23.3 Å². The minimum Gasteiger partial charge on any atom is -0.383 e. The number of fused-ring (bicyclic) bond motifs is 3. The Balaban J connectivity index is 1.44. The number of aliphatic imine (C=N–C) groups is 1. The Morgan fingerprint density at radius 1 is 1.13 bits per heavy atom. The Hall–Kier alpha value is -2.89. The summed E-state index contributed by atoms with van der Waals surface area (Å²) in [6.07, 6.45) is 8.61. The first-order valence-corrected chi connectivity index (χ1v) is 11.1. The first kappa shape index (κ1) is 19.1. The topological polar surface area (TPSA) is 70.8 Å². The summed E-state index contributed by atoms with van der Waals surface area (Å²) in [5, 5.41) is 14.5.